The lowest BCUT2D eigenvalue weighted by molar-refractivity contribution is -0.386. The van der Waals surface area contributed by atoms with Crippen LogP contribution in [0.3, 0.4) is 0 Å². The Kier molecular flexibility index (Phi) is 5.03. The average Bonchev–Trinajstić information content (AvgIpc) is 2.54. The van der Waals surface area contributed by atoms with E-state index < -0.39 is 0 Å². The van der Waals surface area contributed by atoms with Gasteiger partial charge in [0.15, 0.2) is 0 Å². The molecule has 1 N–H and O–H groups in total. The molecule has 1 rings (SSSR count). The molecule has 1 aromatic heterocycles. The fourth-order valence-electron chi connectivity index (χ4n) is 1.82. The third-order valence-electron chi connectivity index (χ3n) is 2.70. The van der Waals surface area contributed by atoms with E-state index in [0.29, 0.717) is 24.5 Å². The monoisotopic (exact) mass is 252 g/mol. The van der Waals surface area contributed by atoms with Gasteiger partial charge in [-0.05, 0) is 32.4 Å². The standard InChI is InChI=1S/C12H20N4O2/c1-5-6-13-7-9(2)8-15-11(4)12(16(17)18)10(3)14-15/h13H,2,5-8H2,1,3-4H3. The first kappa shape index (κ1) is 14.4. The van der Waals surface area contributed by atoms with Crippen molar-refractivity contribution in [2.45, 2.75) is 33.7 Å². The summed E-state index contributed by atoms with van der Waals surface area (Å²) in [7, 11) is 0. The van der Waals surface area contributed by atoms with E-state index in [-0.39, 0.29) is 10.6 Å². The number of hydrogen-bond acceptors (Lipinski definition) is 4. The smallest absolute Gasteiger partial charge is 0.312 e. The van der Waals surface area contributed by atoms with Crippen LogP contribution >= 0.6 is 0 Å². The maximum Gasteiger partial charge on any atom is 0.312 e. The number of hydrogen-bond donors (Lipinski definition) is 1. The van der Waals surface area contributed by atoms with Crippen LogP contribution in [0.5, 0.6) is 0 Å². The Morgan fingerprint density at radius 2 is 2.22 bits per heavy atom. The van der Waals surface area contributed by atoms with Crippen LogP contribution in [0.1, 0.15) is 24.7 Å². The topological polar surface area (TPSA) is 73.0 Å². The molecular weight excluding hydrogens is 232 g/mol. The maximum atomic E-state index is 10.9. The Bertz CT molecular complexity index is 451. The fourth-order valence-corrected chi connectivity index (χ4v) is 1.82. The molecule has 0 aliphatic carbocycles. The van der Waals surface area contributed by atoms with E-state index in [4.69, 9.17) is 0 Å². The third kappa shape index (κ3) is 3.40. The van der Waals surface area contributed by atoms with Crippen molar-refractivity contribution in [2.75, 3.05) is 13.1 Å². The molecule has 0 unspecified atom stereocenters. The van der Waals surface area contributed by atoms with Crippen LogP contribution in [0.15, 0.2) is 12.2 Å². The highest BCUT2D eigenvalue weighted by molar-refractivity contribution is 5.39. The molecule has 0 amide bonds. The minimum atomic E-state index is -0.383. The molecule has 1 heterocycles. The van der Waals surface area contributed by atoms with E-state index in [1.54, 1.807) is 18.5 Å². The Morgan fingerprint density at radius 1 is 1.56 bits per heavy atom. The Hall–Kier alpha value is -1.69. The number of nitrogens with zero attached hydrogens (tertiary/aromatic N) is 3. The van der Waals surface area contributed by atoms with E-state index in [0.717, 1.165) is 18.5 Å². The first-order valence-electron chi connectivity index (χ1n) is 6.03. The molecule has 0 spiro atoms. The second-order valence-corrected chi connectivity index (χ2v) is 4.36. The predicted molar refractivity (Wildman–Crippen MR) is 70.7 cm³/mol. The minimum absolute atomic E-state index is 0.101. The number of nitrogens with one attached hydrogen (secondary N) is 1. The zero-order valence-electron chi connectivity index (χ0n) is 11.2. The Morgan fingerprint density at radius 3 is 2.72 bits per heavy atom. The normalized spacial score (nSPS) is 10.6. The van der Waals surface area contributed by atoms with Gasteiger partial charge >= 0.3 is 5.69 Å². The highest BCUT2D eigenvalue weighted by Crippen LogP contribution is 2.22. The molecule has 0 aliphatic rings. The van der Waals surface area contributed by atoms with Crippen LogP contribution in [-0.2, 0) is 6.54 Å². The summed E-state index contributed by atoms with van der Waals surface area (Å²) >= 11 is 0. The SMILES string of the molecule is C=C(CNCCC)Cn1nc(C)c([N+](=O)[O-])c1C. The molecule has 0 aliphatic heterocycles. The van der Waals surface area contributed by atoms with Crippen LogP contribution in [-0.4, -0.2) is 27.8 Å². The molecule has 6 heteroatoms. The van der Waals surface area contributed by atoms with Crippen molar-refractivity contribution >= 4 is 5.69 Å². The van der Waals surface area contributed by atoms with Crippen LogP contribution in [0.25, 0.3) is 0 Å². The van der Waals surface area contributed by atoms with Gasteiger partial charge in [0.05, 0.1) is 11.5 Å². The molecule has 0 saturated heterocycles. The number of aromatic nitrogens is 2. The average molecular weight is 252 g/mol. The maximum absolute atomic E-state index is 10.9. The van der Waals surface area contributed by atoms with Crippen LogP contribution in [0.2, 0.25) is 0 Å². The summed E-state index contributed by atoms with van der Waals surface area (Å²) in [6, 6.07) is 0. The van der Waals surface area contributed by atoms with Crippen LogP contribution in [0.4, 0.5) is 5.69 Å². The number of rotatable bonds is 7. The van der Waals surface area contributed by atoms with Gasteiger partial charge in [-0.2, -0.15) is 5.10 Å². The first-order chi connectivity index (χ1) is 8.47. The lowest BCUT2D eigenvalue weighted by Crippen LogP contribution is -2.20. The molecule has 0 aromatic carbocycles. The molecule has 100 valence electrons. The second kappa shape index (κ2) is 6.30. The second-order valence-electron chi connectivity index (χ2n) is 4.36. The molecule has 0 saturated carbocycles. The van der Waals surface area contributed by atoms with Gasteiger partial charge in [-0.25, -0.2) is 0 Å². The summed E-state index contributed by atoms with van der Waals surface area (Å²) in [5.41, 5.74) is 2.09. The van der Waals surface area contributed by atoms with Crippen molar-refractivity contribution in [3.05, 3.63) is 33.7 Å². The largest absolute Gasteiger partial charge is 0.313 e. The van der Waals surface area contributed by atoms with Gasteiger partial charge < -0.3 is 5.32 Å². The summed E-state index contributed by atoms with van der Waals surface area (Å²) in [4.78, 5) is 10.5. The molecule has 6 nitrogen and oxygen atoms in total. The quantitative estimate of drug-likeness (QED) is 0.348. The Labute approximate surface area is 107 Å². The zero-order valence-corrected chi connectivity index (χ0v) is 11.2. The van der Waals surface area contributed by atoms with Crippen molar-refractivity contribution in [2.24, 2.45) is 0 Å². The van der Waals surface area contributed by atoms with E-state index in [1.807, 2.05) is 0 Å². The summed E-state index contributed by atoms with van der Waals surface area (Å²) in [5.74, 6) is 0. The van der Waals surface area contributed by atoms with Gasteiger partial charge in [0.1, 0.15) is 11.4 Å². The molecule has 0 atom stereocenters. The van der Waals surface area contributed by atoms with Crippen molar-refractivity contribution in [3.63, 3.8) is 0 Å². The van der Waals surface area contributed by atoms with Gasteiger partial charge in [0, 0.05) is 6.54 Å². The van der Waals surface area contributed by atoms with Crippen molar-refractivity contribution in [1.82, 2.24) is 15.1 Å². The van der Waals surface area contributed by atoms with Crippen molar-refractivity contribution in [1.29, 1.82) is 0 Å². The molecule has 18 heavy (non-hydrogen) atoms. The summed E-state index contributed by atoms with van der Waals surface area (Å²) in [6.07, 6.45) is 1.07. The van der Waals surface area contributed by atoms with Gasteiger partial charge in [-0.1, -0.05) is 13.5 Å². The lowest BCUT2D eigenvalue weighted by Gasteiger charge is -2.08. The van der Waals surface area contributed by atoms with Gasteiger partial charge in [-0.3, -0.25) is 14.8 Å². The molecular formula is C12H20N4O2. The summed E-state index contributed by atoms with van der Waals surface area (Å²) < 4.78 is 1.64. The lowest BCUT2D eigenvalue weighted by atomic mass is 10.3. The molecule has 0 bridgehead atoms. The van der Waals surface area contributed by atoms with E-state index >= 15 is 0 Å². The van der Waals surface area contributed by atoms with Gasteiger partial charge in [-0.15, -0.1) is 0 Å². The van der Waals surface area contributed by atoms with Crippen LogP contribution in [0, 0.1) is 24.0 Å². The minimum Gasteiger partial charge on any atom is -0.313 e. The summed E-state index contributed by atoms with van der Waals surface area (Å²) in [5, 5.41) is 18.3. The molecule has 0 radical (unpaired) electrons. The number of nitro groups is 1. The van der Waals surface area contributed by atoms with E-state index in [1.165, 1.54) is 0 Å². The highest BCUT2D eigenvalue weighted by atomic mass is 16.6. The number of aryl methyl sites for hydroxylation is 1. The predicted octanol–water partition coefficient (Wildman–Crippen LogP) is 1.96. The van der Waals surface area contributed by atoms with E-state index in [2.05, 4.69) is 23.9 Å². The Balaban J connectivity index is 2.71. The van der Waals surface area contributed by atoms with Gasteiger partial charge in [0.25, 0.3) is 0 Å². The summed E-state index contributed by atoms with van der Waals surface area (Å²) in [6.45, 7) is 11.6. The fraction of sp³-hybridized carbons (Fsp3) is 0.583. The van der Waals surface area contributed by atoms with Crippen molar-refractivity contribution < 1.29 is 4.92 Å². The van der Waals surface area contributed by atoms with Crippen molar-refractivity contribution in [3.8, 4) is 0 Å². The zero-order chi connectivity index (χ0) is 13.7. The molecule has 1 aromatic rings. The van der Waals surface area contributed by atoms with E-state index in [9.17, 15) is 10.1 Å². The van der Waals surface area contributed by atoms with Gasteiger partial charge in [0.2, 0.25) is 0 Å². The third-order valence-corrected chi connectivity index (χ3v) is 2.70. The highest BCUT2D eigenvalue weighted by Gasteiger charge is 2.21. The first-order valence-corrected chi connectivity index (χ1v) is 6.03. The molecule has 0 fully saturated rings. The van der Waals surface area contributed by atoms with Crippen LogP contribution < -0.4 is 5.32 Å².